The van der Waals surface area contributed by atoms with Crippen molar-refractivity contribution in [3.05, 3.63) is 30.1 Å². The highest BCUT2D eigenvalue weighted by molar-refractivity contribution is 5.85. The monoisotopic (exact) mass is 304 g/mol. The predicted octanol–water partition coefficient (Wildman–Crippen LogP) is 2.56. The van der Waals surface area contributed by atoms with Gasteiger partial charge in [-0.3, -0.25) is 9.78 Å². The number of nitrogens with one attached hydrogen (secondary N) is 1. The van der Waals surface area contributed by atoms with Crippen LogP contribution in [0.2, 0.25) is 0 Å². The number of aromatic nitrogens is 1. The SMILES string of the molecule is CC1CCC(C(C)C)C(O)(C(=O)NCCc2cccnc2)C1. The molecule has 22 heavy (non-hydrogen) atoms. The Kier molecular flexibility index (Phi) is 5.57. The maximum absolute atomic E-state index is 12.6. The average molecular weight is 304 g/mol. The van der Waals surface area contributed by atoms with Gasteiger partial charge in [0.25, 0.3) is 5.91 Å². The molecular weight excluding hydrogens is 276 g/mol. The van der Waals surface area contributed by atoms with Gasteiger partial charge in [0.2, 0.25) is 0 Å². The minimum atomic E-state index is -1.22. The maximum atomic E-state index is 12.6. The second kappa shape index (κ2) is 7.23. The van der Waals surface area contributed by atoms with Gasteiger partial charge in [0.15, 0.2) is 0 Å². The molecule has 1 heterocycles. The summed E-state index contributed by atoms with van der Waals surface area (Å²) >= 11 is 0. The first-order valence-electron chi connectivity index (χ1n) is 8.33. The summed E-state index contributed by atoms with van der Waals surface area (Å²) in [5.74, 6) is 0.536. The fraction of sp³-hybridized carbons (Fsp3) is 0.667. The van der Waals surface area contributed by atoms with Crippen molar-refractivity contribution in [2.24, 2.45) is 17.8 Å². The number of pyridine rings is 1. The fourth-order valence-corrected chi connectivity index (χ4v) is 3.65. The van der Waals surface area contributed by atoms with E-state index in [0.29, 0.717) is 24.8 Å². The van der Waals surface area contributed by atoms with Crippen molar-refractivity contribution < 1.29 is 9.90 Å². The highest BCUT2D eigenvalue weighted by Crippen LogP contribution is 2.41. The lowest BCUT2D eigenvalue weighted by Crippen LogP contribution is -2.56. The lowest BCUT2D eigenvalue weighted by molar-refractivity contribution is -0.155. The van der Waals surface area contributed by atoms with Gasteiger partial charge in [-0.2, -0.15) is 0 Å². The van der Waals surface area contributed by atoms with Gasteiger partial charge >= 0.3 is 0 Å². The van der Waals surface area contributed by atoms with Crippen LogP contribution in [-0.4, -0.2) is 28.1 Å². The smallest absolute Gasteiger partial charge is 0.252 e. The van der Waals surface area contributed by atoms with E-state index in [9.17, 15) is 9.90 Å². The highest BCUT2D eigenvalue weighted by atomic mass is 16.3. The summed E-state index contributed by atoms with van der Waals surface area (Å²) in [6.07, 6.45) is 6.85. The molecule has 0 aromatic carbocycles. The van der Waals surface area contributed by atoms with E-state index in [0.717, 1.165) is 24.8 Å². The van der Waals surface area contributed by atoms with E-state index in [1.807, 2.05) is 12.1 Å². The molecule has 0 radical (unpaired) electrons. The first-order valence-corrected chi connectivity index (χ1v) is 8.33. The minimum Gasteiger partial charge on any atom is -0.380 e. The summed E-state index contributed by atoms with van der Waals surface area (Å²) < 4.78 is 0. The van der Waals surface area contributed by atoms with Crippen LogP contribution >= 0.6 is 0 Å². The minimum absolute atomic E-state index is 0.0436. The number of carbonyl (C=O) groups excluding carboxylic acids is 1. The Balaban J connectivity index is 1.96. The van der Waals surface area contributed by atoms with Gasteiger partial charge in [-0.15, -0.1) is 0 Å². The molecule has 3 unspecified atom stereocenters. The molecule has 3 atom stereocenters. The summed E-state index contributed by atoms with van der Waals surface area (Å²) in [7, 11) is 0. The third-order valence-electron chi connectivity index (χ3n) is 4.86. The molecule has 2 N–H and O–H groups in total. The third kappa shape index (κ3) is 3.86. The topological polar surface area (TPSA) is 62.2 Å². The molecule has 4 heteroatoms. The van der Waals surface area contributed by atoms with Crippen molar-refractivity contribution in [1.29, 1.82) is 0 Å². The van der Waals surface area contributed by atoms with Gasteiger partial charge in [0, 0.05) is 18.9 Å². The van der Waals surface area contributed by atoms with E-state index >= 15 is 0 Å². The Bertz CT molecular complexity index is 489. The van der Waals surface area contributed by atoms with Crippen molar-refractivity contribution in [3.8, 4) is 0 Å². The predicted molar refractivity (Wildman–Crippen MR) is 87.2 cm³/mol. The molecule has 0 aliphatic heterocycles. The van der Waals surface area contributed by atoms with Gasteiger partial charge in [0.05, 0.1) is 0 Å². The largest absolute Gasteiger partial charge is 0.380 e. The number of rotatable bonds is 5. The summed E-state index contributed by atoms with van der Waals surface area (Å²) in [5, 5.41) is 13.9. The molecule has 1 fully saturated rings. The van der Waals surface area contributed by atoms with Crippen LogP contribution in [0.15, 0.2) is 24.5 Å². The van der Waals surface area contributed by atoms with E-state index < -0.39 is 5.60 Å². The Labute approximate surface area is 133 Å². The Morgan fingerprint density at radius 3 is 2.91 bits per heavy atom. The molecule has 0 spiro atoms. The number of carbonyl (C=O) groups is 1. The zero-order valence-electron chi connectivity index (χ0n) is 13.9. The summed E-state index contributed by atoms with van der Waals surface area (Å²) in [5.41, 5.74) is -0.131. The lowest BCUT2D eigenvalue weighted by Gasteiger charge is -2.43. The fourth-order valence-electron chi connectivity index (χ4n) is 3.65. The molecule has 4 nitrogen and oxygen atoms in total. The van der Waals surface area contributed by atoms with Gasteiger partial charge in [-0.05, 0) is 48.6 Å². The van der Waals surface area contributed by atoms with Gasteiger partial charge in [-0.1, -0.05) is 33.3 Å². The molecule has 0 saturated heterocycles. The van der Waals surface area contributed by atoms with Crippen LogP contribution < -0.4 is 5.32 Å². The highest BCUT2D eigenvalue weighted by Gasteiger charge is 2.48. The quantitative estimate of drug-likeness (QED) is 0.879. The number of hydrogen-bond acceptors (Lipinski definition) is 3. The summed E-state index contributed by atoms with van der Waals surface area (Å²) in [6.45, 7) is 6.83. The molecular formula is C18H28N2O2. The van der Waals surface area contributed by atoms with Crippen LogP contribution in [0.3, 0.4) is 0 Å². The standard InChI is InChI=1S/C18H28N2O2/c1-13(2)16-7-6-14(3)11-18(16,22)17(21)20-10-8-15-5-4-9-19-12-15/h4-5,9,12-14,16,22H,6-8,10-11H2,1-3H3,(H,20,21). The number of nitrogens with zero attached hydrogens (tertiary/aromatic N) is 1. The molecule has 0 bridgehead atoms. The van der Waals surface area contributed by atoms with Gasteiger partial charge < -0.3 is 10.4 Å². The molecule has 1 aliphatic rings. The molecule has 1 aliphatic carbocycles. The third-order valence-corrected chi connectivity index (χ3v) is 4.86. The van der Waals surface area contributed by atoms with E-state index in [4.69, 9.17) is 0 Å². The van der Waals surface area contributed by atoms with Crippen molar-refractivity contribution >= 4 is 5.91 Å². The first-order chi connectivity index (χ1) is 10.4. The van der Waals surface area contributed by atoms with Crippen LogP contribution in [-0.2, 0) is 11.2 Å². The maximum Gasteiger partial charge on any atom is 0.252 e. The number of aliphatic hydroxyl groups is 1. The molecule has 1 saturated carbocycles. The molecule has 2 rings (SSSR count). The van der Waals surface area contributed by atoms with Crippen LogP contribution in [0.25, 0.3) is 0 Å². The van der Waals surface area contributed by atoms with Gasteiger partial charge in [0.1, 0.15) is 5.60 Å². The second-order valence-corrected chi connectivity index (χ2v) is 7.03. The van der Waals surface area contributed by atoms with Crippen molar-refractivity contribution in [1.82, 2.24) is 10.3 Å². The summed E-state index contributed by atoms with van der Waals surface area (Å²) in [4.78, 5) is 16.7. The van der Waals surface area contributed by atoms with E-state index in [2.05, 4.69) is 31.1 Å². The summed E-state index contributed by atoms with van der Waals surface area (Å²) in [6, 6.07) is 3.88. The van der Waals surface area contributed by atoms with Crippen LogP contribution in [0, 0.1) is 17.8 Å². The van der Waals surface area contributed by atoms with E-state index in [-0.39, 0.29) is 11.8 Å². The Hall–Kier alpha value is -1.42. The van der Waals surface area contributed by atoms with Crippen molar-refractivity contribution in [2.75, 3.05) is 6.54 Å². The molecule has 1 amide bonds. The Morgan fingerprint density at radius 2 is 2.27 bits per heavy atom. The normalized spacial score (nSPS) is 28.6. The van der Waals surface area contributed by atoms with Crippen LogP contribution in [0.5, 0.6) is 0 Å². The molecule has 1 aromatic heterocycles. The van der Waals surface area contributed by atoms with E-state index in [1.54, 1.807) is 12.4 Å². The zero-order valence-corrected chi connectivity index (χ0v) is 13.9. The second-order valence-electron chi connectivity index (χ2n) is 7.03. The molecule has 1 aromatic rings. The van der Waals surface area contributed by atoms with Crippen molar-refractivity contribution in [2.45, 2.75) is 52.1 Å². The average Bonchev–Trinajstić information content (AvgIpc) is 2.47. The lowest BCUT2D eigenvalue weighted by atomic mass is 9.66. The zero-order chi connectivity index (χ0) is 16.2. The first kappa shape index (κ1) is 16.9. The number of amides is 1. The van der Waals surface area contributed by atoms with E-state index in [1.165, 1.54) is 0 Å². The Morgan fingerprint density at radius 1 is 1.50 bits per heavy atom. The number of hydrogen-bond donors (Lipinski definition) is 2. The van der Waals surface area contributed by atoms with Crippen LogP contribution in [0.1, 0.15) is 45.6 Å². The van der Waals surface area contributed by atoms with Crippen molar-refractivity contribution in [3.63, 3.8) is 0 Å². The molecule has 122 valence electrons. The van der Waals surface area contributed by atoms with Crippen LogP contribution in [0.4, 0.5) is 0 Å². The van der Waals surface area contributed by atoms with Gasteiger partial charge in [-0.25, -0.2) is 0 Å².